The highest BCUT2D eigenvalue weighted by Crippen LogP contribution is 2.34. The predicted molar refractivity (Wildman–Crippen MR) is 109 cm³/mol. The van der Waals surface area contributed by atoms with E-state index in [1.54, 1.807) is 21.6 Å². The van der Waals surface area contributed by atoms with Crippen molar-refractivity contribution in [2.24, 2.45) is 5.92 Å². The summed E-state index contributed by atoms with van der Waals surface area (Å²) in [6, 6.07) is 8.27. The quantitative estimate of drug-likeness (QED) is 0.823. The van der Waals surface area contributed by atoms with Gasteiger partial charge in [0.1, 0.15) is 0 Å². The lowest BCUT2D eigenvalue weighted by molar-refractivity contribution is -0.137. The maximum Gasteiger partial charge on any atom is 0.227 e. The molecule has 2 fully saturated rings. The first-order chi connectivity index (χ1) is 13.6. The number of hydrogen-bond donors (Lipinski definition) is 1. The second-order valence-corrected chi connectivity index (χ2v) is 8.96. The summed E-state index contributed by atoms with van der Waals surface area (Å²) < 4.78 is 0. The normalized spacial score (nSPS) is 21.8. The van der Waals surface area contributed by atoms with Crippen molar-refractivity contribution in [1.82, 2.24) is 10.2 Å². The number of fused-ring (bicyclic) bond motifs is 1. The lowest BCUT2D eigenvalue weighted by Gasteiger charge is -2.32. The lowest BCUT2D eigenvalue weighted by Crippen LogP contribution is -2.46. The summed E-state index contributed by atoms with van der Waals surface area (Å²) >= 11 is 1.76. The average Bonchev–Trinajstić information content (AvgIpc) is 3.55. The number of rotatable bonds is 5. The Morgan fingerprint density at radius 2 is 1.82 bits per heavy atom. The summed E-state index contributed by atoms with van der Waals surface area (Å²) in [4.78, 5) is 42.4. The highest BCUT2D eigenvalue weighted by molar-refractivity contribution is 7.99. The fourth-order valence-corrected chi connectivity index (χ4v) is 4.89. The number of carbonyl (C=O) groups is 3. The van der Waals surface area contributed by atoms with Crippen LogP contribution in [-0.2, 0) is 14.4 Å². The summed E-state index contributed by atoms with van der Waals surface area (Å²) in [7, 11) is 0. The van der Waals surface area contributed by atoms with E-state index in [-0.39, 0.29) is 36.5 Å². The molecule has 0 spiro atoms. The van der Waals surface area contributed by atoms with E-state index >= 15 is 0 Å². The molecular weight excluding hydrogens is 374 g/mol. The first-order valence-electron chi connectivity index (χ1n) is 10.2. The third-order valence-electron chi connectivity index (χ3n) is 5.65. The van der Waals surface area contributed by atoms with Crippen LogP contribution in [-0.4, -0.2) is 54.1 Å². The third kappa shape index (κ3) is 4.51. The Morgan fingerprint density at radius 3 is 2.64 bits per heavy atom. The van der Waals surface area contributed by atoms with Crippen LogP contribution in [0.4, 0.5) is 5.69 Å². The monoisotopic (exact) mass is 401 g/mol. The molecule has 0 bridgehead atoms. The fraction of sp³-hybridized carbons (Fsp3) is 0.571. The van der Waals surface area contributed by atoms with Crippen molar-refractivity contribution in [3.8, 4) is 0 Å². The van der Waals surface area contributed by atoms with Gasteiger partial charge in [0.2, 0.25) is 17.7 Å². The maximum absolute atomic E-state index is 12.7. The van der Waals surface area contributed by atoms with Crippen molar-refractivity contribution in [2.45, 2.75) is 49.5 Å². The first kappa shape index (κ1) is 19.3. The van der Waals surface area contributed by atoms with Crippen LogP contribution in [0.3, 0.4) is 0 Å². The standard InChI is InChI=1S/C21H27N3O3S/c25-19(23-11-3-4-15(14-23)21(27)22-16-7-8-16)9-10-20(26)24-12-13-28-18-6-2-1-5-17(18)24/h1-2,5-6,15-16H,3-4,7-14H2,(H,22,27). The van der Waals surface area contributed by atoms with Crippen molar-refractivity contribution in [3.05, 3.63) is 24.3 Å². The van der Waals surface area contributed by atoms with E-state index in [0.717, 1.165) is 42.0 Å². The maximum atomic E-state index is 12.7. The van der Waals surface area contributed by atoms with Crippen LogP contribution in [0, 0.1) is 5.92 Å². The Balaban J connectivity index is 1.29. The summed E-state index contributed by atoms with van der Waals surface area (Å²) in [6.07, 6.45) is 4.25. The van der Waals surface area contributed by atoms with Gasteiger partial charge in [-0.25, -0.2) is 0 Å². The SMILES string of the molecule is O=C(NC1CC1)C1CCCN(C(=O)CCC(=O)N2CCSc3ccccc32)C1. The number of piperidine rings is 1. The molecule has 1 aromatic carbocycles. The zero-order chi connectivity index (χ0) is 19.5. The van der Waals surface area contributed by atoms with Crippen molar-refractivity contribution in [3.63, 3.8) is 0 Å². The Morgan fingerprint density at radius 1 is 1.04 bits per heavy atom. The molecule has 6 nitrogen and oxygen atoms in total. The number of likely N-dealkylation sites (tertiary alicyclic amines) is 1. The zero-order valence-electron chi connectivity index (χ0n) is 16.1. The van der Waals surface area contributed by atoms with Gasteiger partial charge >= 0.3 is 0 Å². The Bertz CT molecular complexity index is 765. The van der Waals surface area contributed by atoms with Crippen LogP contribution in [0.1, 0.15) is 38.5 Å². The van der Waals surface area contributed by atoms with Crippen LogP contribution >= 0.6 is 11.8 Å². The molecule has 4 rings (SSSR count). The van der Waals surface area contributed by atoms with E-state index in [0.29, 0.717) is 25.7 Å². The van der Waals surface area contributed by atoms with Crippen molar-refractivity contribution in [1.29, 1.82) is 0 Å². The summed E-state index contributed by atoms with van der Waals surface area (Å²) in [5.41, 5.74) is 0.950. The van der Waals surface area contributed by atoms with Gasteiger partial charge in [-0.15, -0.1) is 11.8 Å². The van der Waals surface area contributed by atoms with E-state index in [4.69, 9.17) is 0 Å². The molecule has 2 heterocycles. The van der Waals surface area contributed by atoms with Gasteiger partial charge in [-0.3, -0.25) is 14.4 Å². The van der Waals surface area contributed by atoms with E-state index in [1.165, 1.54) is 0 Å². The van der Waals surface area contributed by atoms with Crippen LogP contribution < -0.4 is 10.2 Å². The van der Waals surface area contributed by atoms with E-state index in [1.807, 2.05) is 24.3 Å². The Kier molecular flexibility index (Phi) is 5.90. The second-order valence-electron chi connectivity index (χ2n) is 7.82. The fourth-order valence-electron chi connectivity index (χ4n) is 3.90. The lowest BCUT2D eigenvalue weighted by atomic mass is 9.96. The van der Waals surface area contributed by atoms with Crippen molar-refractivity contribution >= 4 is 35.2 Å². The number of para-hydroxylation sites is 1. The van der Waals surface area contributed by atoms with Gasteiger partial charge in [-0.2, -0.15) is 0 Å². The highest BCUT2D eigenvalue weighted by atomic mass is 32.2. The number of benzene rings is 1. The molecule has 0 aromatic heterocycles. The molecule has 3 aliphatic rings. The van der Waals surface area contributed by atoms with Gasteiger partial charge in [-0.1, -0.05) is 12.1 Å². The average molecular weight is 402 g/mol. The third-order valence-corrected chi connectivity index (χ3v) is 6.69. The highest BCUT2D eigenvalue weighted by Gasteiger charge is 2.32. The van der Waals surface area contributed by atoms with Crippen LogP contribution in [0.25, 0.3) is 0 Å². The number of anilines is 1. The zero-order valence-corrected chi connectivity index (χ0v) is 16.9. The second kappa shape index (κ2) is 8.55. The number of amides is 3. The Labute approximate surface area is 170 Å². The largest absolute Gasteiger partial charge is 0.353 e. The molecule has 1 aromatic rings. The minimum Gasteiger partial charge on any atom is -0.353 e. The van der Waals surface area contributed by atoms with Crippen LogP contribution in [0.15, 0.2) is 29.2 Å². The molecule has 2 aliphatic heterocycles. The van der Waals surface area contributed by atoms with E-state index in [9.17, 15) is 14.4 Å². The molecule has 1 atom stereocenters. The summed E-state index contributed by atoms with van der Waals surface area (Å²) in [6.45, 7) is 1.85. The molecular formula is C21H27N3O3S. The molecule has 1 saturated carbocycles. The number of nitrogens with zero attached hydrogens (tertiary/aromatic N) is 2. The molecule has 1 aliphatic carbocycles. The van der Waals surface area contributed by atoms with Crippen molar-refractivity contribution < 1.29 is 14.4 Å². The Hall–Kier alpha value is -2.02. The molecule has 1 unspecified atom stereocenters. The van der Waals surface area contributed by atoms with Gasteiger partial charge in [0.25, 0.3) is 0 Å². The molecule has 3 amide bonds. The number of carbonyl (C=O) groups excluding carboxylic acids is 3. The number of thioether (sulfide) groups is 1. The van der Waals surface area contributed by atoms with Gasteiger partial charge < -0.3 is 15.1 Å². The number of hydrogen-bond acceptors (Lipinski definition) is 4. The molecule has 0 radical (unpaired) electrons. The molecule has 150 valence electrons. The molecule has 28 heavy (non-hydrogen) atoms. The van der Waals surface area contributed by atoms with Gasteiger partial charge in [0.15, 0.2) is 0 Å². The topological polar surface area (TPSA) is 69.7 Å². The van der Waals surface area contributed by atoms with Gasteiger partial charge in [-0.05, 0) is 37.8 Å². The minimum absolute atomic E-state index is 0.00105. The smallest absolute Gasteiger partial charge is 0.227 e. The molecule has 1 N–H and O–H groups in total. The summed E-state index contributed by atoms with van der Waals surface area (Å²) in [5.74, 6) is 0.831. The summed E-state index contributed by atoms with van der Waals surface area (Å²) in [5, 5.41) is 3.05. The van der Waals surface area contributed by atoms with Crippen LogP contribution in [0.2, 0.25) is 0 Å². The molecule has 1 saturated heterocycles. The van der Waals surface area contributed by atoms with Gasteiger partial charge in [0.05, 0.1) is 11.6 Å². The van der Waals surface area contributed by atoms with E-state index < -0.39 is 0 Å². The van der Waals surface area contributed by atoms with Gasteiger partial charge in [0, 0.05) is 49.2 Å². The first-order valence-corrected chi connectivity index (χ1v) is 11.2. The number of nitrogens with one attached hydrogen (secondary N) is 1. The predicted octanol–water partition coefficient (Wildman–Crippen LogP) is 2.42. The van der Waals surface area contributed by atoms with E-state index in [2.05, 4.69) is 5.32 Å². The van der Waals surface area contributed by atoms with Crippen LogP contribution in [0.5, 0.6) is 0 Å². The minimum atomic E-state index is -0.111. The van der Waals surface area contributed by atoms with Crippen molar-refractivity contribution in [2.75, 3.05) is 30.3 Å². The molecule has 7 heteroatoms.